The molecule has 0 bridgehead atoms. The van der Waals surface area contributed by atoms with Gasteiger partial charge in [0, 0.05) is 6.42 Å². The smallest absolute Gasteiger partial charge is 0.221 e. The number of hydrogen-bond acceptors (Lipinski definition) is 2. The predicted octanol–water partition coefficient (Wildman–Crippen LogP) is 2.58. The maximum absolute atomic E-state index is 11.1. The summed E-state index contributed by atoms with van der Waals surface area (Å²) in [6, 6.07) is 0. The van der Waals surface area contributed by atoms with Crippen molar-refractivity contribution in [3.8, 4) is 0 Å². The Morgan fingerprint density at radius 2 is 1.67 bits per heavy atom. The zero-order chi connectivity index (χ0) is 11.5. The number of nitrogens with one attached hydrogen (secondary N) is 1. The van der Waals surface area contributed by atoms with Gasteiger partial charge in [0.15, 0.2) is 0 Å². The summed E-state index contributed by atoms with van der Waals surface area (Å²) in [5, 5.41) is 11.4. The van der Waals surface area contributed by atoms with Crippen LogP contribution in [-0.2, 0) is 4.79 Å². The molecule has 0 heterocycles. The van der Waals surface area contributed by atoms with Crippen LogP contribution in [0.5, 0.6) is 0 Å². The highest BCUT2D eigenvalue weighted by Gasteiger charge is 2.02. The molecular formula is C12H25NO2. The minimum Gasteiger partial charge on any atom is -0.374 e. The average molecular weight is 215 g/mol. The lowest BCUT2D eigenvalue weighted by molar-refractivity contribution is -0.123. The van der Waals surface area contributed by atoms with Crippen LogP contribution in [0.1, 0.15) is 65.2 Å². The van der Waals surface area contributed by atoms with E-state index < -0.39 is 6.23 Å². The van der Waals surface area contributed by atoms with Crippen molar-refractivity contribution in [1.29, 1.82) is 0 Å². The maximum atomic E-state index is 11.1. The van der Waals surface area contributed by atoms with Gasteiger partial charge < -0.3 is 10.4 Å². The average Bonchev–Trinajstić information content (AvgIpc) is 2.15. The monoisotopic (exact) mass is 215 g/mol. The molecule has 0 aromatic rings. The van der Waals surface area contributed by atoms with Gasteiger partial charge in [0.25, 0.3) is 0 Å². The van der Waals surface area contributed by atoms with Gasteiger partial charge in [0.1, 0.15) is 6.23 Å². The first-order valence-electron chi connectivity index (χ1n) is 6.14. The molecular weight excluding hydrogens is 190 g/mol. The van der Waals surface area contributed by atoms with Crippen LogP contribution in [0.4, 0.5) is 0 Å². The Hall–Kier alpha value is -0.570. The van der Waals surface area contributed by atoms with Gasteiger partial charge in [-0.25, -0.2) is 0 Å². The number of aliphatic hydroxyl groups excluding tert-OH is 1. The van der Waals surface area contributed by atoms with Gasteiger partial charge in [0.05, 0.1) is 0 Å². The van der Waals surface area contributed by atoms with Gasteiger partial charge in [-0.05, 0) is 13.3 Å². The first-order valence-corrected chi connectivity index (χ1v) is 6.14. The molecule has 0 saturated carbocycles. The molecule has 0 saturated heterocycles. The number of rotatable bonds is 9. The first kappa shape index (κ1) is 14.4. The number of amides is 1. The molecule has 0 aromatic carbocycles. The molecule has 0 spiro atoms. The number of carbonyl (C=O) groups excluding carboxylic acids is 1. The summed E-state index contributed by atoms with van der Waals surface area (Å²) in [6.07, 6.45) is 8.30. The molecule has 1 amide bonds. The van der Waals surface area contributed by atoms with Crippen molar-refractivity contribution >= 4 is 5.91 Å². The van der Waals surface area contributed by atoms with E-state index in [2.05, 4.69) is 12.2 Å². The van der Waals surface area contributed by atoms with E-state index in [1.165, 1.54) is 32.1 Å². The zero-order valence-electron chi connectivity index (χ0n) is 10.1. The molecule has 15 heavy (non-hydrogen) atoms. The van der Waals surface area contributed by atoms with Crippen LogP contribution in [0.2, 0.25) is 0 Å². The number of aliphatic hydroxyl groups is 1. The summed E-state index contributed by atoms with van der Waals surface area (Å²) in [4.78, 5) is 11.1. The van der Waals surface area contributed by atoms with E-state index in [9.17, 15) is 4.79 Å². The Balaban J connectivity index is 3.13. The SMILES string of the molecule is CCCCCCCCCC(=O)NC(C)O. The second-order valence-corrected chi connectivity index (χ2v) is 4.11. The first-order chi connectivity index (χ1) is 7.16. The molecule has 3 heteroatoms. The molecule has 0 rings (SSSR count). The van der Waals surface area contributed by atoms with Crippen molar-refractivity contribution in [2.45, 2.75) is 71.4 Å². The van der Waals surface area contributed by atoms with Crippen molar-refractivity contribution in [2.24, 2.45) is 0 Å². The van der Waals surface area contributed by atoms with Crippen molar-refractivity contribution in [1.82, 2.24) is 5.32 Å². The Kier molecular flexibility index (Phi) is 9.59. The van der Waals surface area contributed by atoms with Crippen LogP contribution in [0.15, 0.2) is 0 Å². The quantitative estimate of drug-likeness (QED) is 0.459. The van der Waals surface area contributed by atoms with E-state index >= 15 is 0 Å². The van der Waals surface area contributed by atoms with Crippen molar-refractivity contribution in [2.75, 3.05) is 0 Å². The maximum Gasteiger partial charge on any atom is 0.221 e. The third-order valence-corrected chi connectivity index (χ3v) is 2.38. The van der Waals surface area contributed by atoms with Crippen LogP contribution < -0.4 is 5.32 Å². The highest BCUT2D eigenvalue weighted by atomic mass is 16.3. The highest BCUT2D eigenvalue weighted by molar-refractivity contribution is 5.75. The van der Waals surface area contributed by atoms with E-state index in [4.69, 9.17) is 5.11 Å². The number of carbonyl (C=O) groups is 1. The van der Waals surface area contributed by atoms with Gasteiger partial charge in [-0.1, -0.05) is 45.4 Å². The minimum absolute atomic E-state index is 0.0430. The van der Waals surface area contributed by atoms with E-state index in [0.29, 0.717) is 6.42 Å². The molecule has 0 fully saturated rings. The summed E-state index contributed by atoms with van der Waals surface area (Å²) in [6.45, 7) is 3.77. The van der Waals surface area contributed by atoms with Crippen molar-refractivity contribution < 1.29 is 9.90 Å². The molecule has 0 aliphatic heterocycles. The van der Waals surface area contributed by atoms with E-state index in [1.54, 1.807) is 6.92 Å². The highest BCUT2D eigenvalue weighted by Crippen LogP contribution is 2.08. The summed E-state index contributed by atoms with van der Waals surface area (Å²) in [5.74, 6) is -0.0430. The summed E-state index contributed by atoms with van der Waals surface area (Å²) < 4.78 is 0. The predicted molar refractivity (Wildman–Crippen MR) is 62.4 cm³/mol. The van der Waals surface area contributed by atoms with E-state index in [0.717, 1.165) is 12.8 Å². The van der Waals surface area contributed by atoms with Crippen LogP contribution >= 0.6 is 0 Å². The lowest BCUT2D eigenvalue weighted by atomic mass is 10.1. The summed E-state index contributed by atoms with van der Waals surface area (Å²) >= 11 is 0. The number of hydrogen-bond donors (Lipinski definition) is 2. The molecule has 0 radical (unpaired) electrons. The van der Waals surface area contributed by atoms with Crippen LogP contribution in [0, 0.1) is 0 Å². The van der Waals surface area contributed by atoms with Gasteiger partial charge in [-0.3, -0.25) is 4.79 Å². The van der Waals surface area contributed by atoms with E-state index in [-0.39, 0.29) is 5.91 Å². The van der Waals surface area contributed by atoms with Crippen molar-refractivity contribution in [3.05, 3.63) is 0 Å². The summed E-state index contributed by atoms with van der Waals surface area (Å²) in [5.41, 5.74) is 0. The fourth-order valence-electron chi connectivity index (χ4n) is 1.55. The Morgan fingerprint density at radius 1 is 1.13 bits per heavy atom. The third kappa shape index (κ3) is 11.4. The second-order valence-electron chi connectivity index (χ2n) is 4.11. The van der Waals surface area contributed by atoms with Gasteiger partial charge >= 0.3 is 0 Å². The number of unbranched alkanes of at least 4 members (excludes halogenated alkanes) is 6. The molecule has 0 aromatic heterocycles. The Bertz CT molecular complexity index is 158. The summed E-state index contributed by atoms with van der Waals surface area (Å²) in [7, 11) is 0. The topological polar surface area (TPSA) is 49.3 Å². The second kappa shape index (κ2) is 9.97. The fraction of sp³-hybridized carbons (Fsp3) is 0.917. The lowest BCUT2D eigenvalue weighted by Crippen LogP contribution is -2.31. The fourth-order valence-corrected chi connectivity index (χ4v) is 1.55. The molecule has 3 nitrogen and oxygen atoms in total. The Labute approximate surface area is 93.3 Å². The van der Waals surface area contributed by atoms with Crippen LogP contribution in [0.25, 0.3) is 0 Å². The molecule has 0 aliphatic carbocycles. The molecule has 1 atom stereocenters. The van der Waals surface area contributed by atoms with Crippen molar-refractivity contribution in [3.63, 3.8) is 0 Å². The van der Waals surface area contributed by atoms with Gasteiger partial charge in [-0.2, -0.15) is 0 Å². The third-order valence-electron chi connectivity index (χ3n) is 2.38. The van der Waals surface area contributed by atoms with E-state index in [1.807, 2.05) is 0 Å². The van der Waals surface area contributed by atoms with Gasteiger partial charge in [-0.15, -0.1) is 0 Å². The molecule has 1 unspecified atom stereocenters. The molecule has 2 N–H and O–H groups in total. The van der Waals surface area contributed by atoms with Crippen LogP contribution in [-0.4, -0.2) is 17.2 Å². The molecule has 0 aliphatic rings. The lowest BCUT2D eigenvalue weighted by Gasteiger charge is -2.06. The standard InChI is InChI=1S/C12H25NO2/c1-3-4-5-6-7-8-9-10-12(15)13-11(2)14/h11,14H,3-10H2,1-2H3,(H,13,15). The Morgan fingerprint density at radius 3 is 2.20 bits per heavy atom. The minimum atomic E-state index is -0.720. The normalized spacial score (nSPS) is 12.5. The largest absolute Gasteiger partial charge is 0.374 e. The van der Waals surface area contributed by atoms with Crippen LogP contribution in [0.3, 0.4) is 0 Å². The molecule has 90 valence electrons. The zero-order valence-corrected chi connectivity index (χ0v) is 10.1. The van der Waals surface area contributed by atoms with Gasteiger partial charge in [0.2, 0.25) is 5.91 Å².